The highest BCUT2D eigenvalue weighted by atomic mass is 32.2. The standard InChI is InChI=1S/C11H20O2.C2H4O6S/c1-4-11(12)13-9-7-5-6-8-10(2)3;3-1(4)2(5)9(6,7)8/h4,10H,1,5-9H2,2-3H3;2,5H,(H,3,4)(H,6,7,8). The van der Waals surface area contributed by atoms with Gasteiger partial charge in [0.05, 0.1) is 6.61 Å². The van der Waals surface area contributed by atoms with E-state index in [-0.39, 0.29) is 5.97 Å². The first kappa shape index (κ1) is 22.8. The molecule has 9 heteroatoms. The van der Waals surface area contributed by atoms with Gasteiger partial charge in [0.2, 0.25) is 0 Å². The average molecular weight is 340 g/mol. The smallest absolute Gasteiger partial charge is 0.351 e. The fourth-order valence-corrected chi connectivity index (χ4v) is 1.45. The van der Waals surface area contributed by atoms with E-state index in [1.165, 1.54) is 18.9 Å². The summed E-state index contributed by atoms with van der Waals surface area (Å²) >= 11 is 0. The van der Waals surface area contributed by atoms with E-state index in [0.29, 0.717) is 6.61 Å². The van der Waals surface area contributed by atoms with Gasteiger partial charge < -0.3 is 14.9 Å². The molecule has 0 bridgehead atoms. The Morgan fingerprint density at radius 3 is 2.09 bits per heavy atom. The normalized spacial score (nSPS) is 12.0. The van der Waals surface area contributed by atoms with Gasteiger partial charge in [-0.2, -0.15) is 8.42 Å². The largest absolute Gasteiger partial charge is 0.478 e. The van der Waals surface area contributed by atoms with Crippen LogP contribution in [-0.4, -0.2) is 47.2 Å². The van der Waals surface area contributed by atoms with Gasteiger partial charge in [-0.1, -0.05) is 39.7 Å². The Hall–Kier alpha value is -1.45. The SMILES string of the molecule is C=CC(=O)OCCCCCC(C)C.O=C(O)C(O)S(=O)(=O)O. The van der Waals surface area contributed by atoms with Crippen LogP contribution in [0, 0.1) is 5.92 Å². The van der Waals surface area contributed by atoms with Crippen molar-refractivity contribution >= 4 is 22.1 Å². The number of carbonyl (C=O) groups excluding carboxylic acids is 1. The van der Waals surface area contributed by atoms with E-state index in [1.54, 1.807) is 0 Å². The maximum atomic E-state index is 10.6. The summed E-state index contributed by atoms with van der Waals surface area (Å²) in [7, 11) is -4.85. The molecule has 0 spiro atoms. The molecule has 8 nitrogen and oxygen atoms in total. The lowest BCUT2D eigenvalue weighted by Gasteiger charge is -2.04. The molecule has 0 aromatic carbocycles. The fourth-order valence-electron chi connectivity index (χ4n) is 1.19. The molecule has 3 N–H and O–H groups in total. The molecule has 0 aromatic heterocycles. The molecule has 0 heterocycles. The van der Waals surface area contributed by atoms with Crippen LogP contribution >= 0.6 is 0 Å². The van der Waals surface area contributed by atoms with E-state index < -0.39 is 21.5 Å². The maximum absolute atomic E-state index is 10.6. The van der Waals surface area contributed by atoms with E-state index in [0.717, 1.165) is 18.8 Å². The minimum absolute atomic E-state index is 0.316. The number of carboxylic acids is 1. The highest BCUT2D eigenvalue weighted by molar-refractivity contribution is 7.87. The number of carboxylic acid groups (broad SMARTS) is 1. The molecule has 130 valence electrons. The molecule has 1 unspecified atom stereocenters. The molecule has 0 radical (unpaired) electrons. The Bertz CT molecular complexity index is 441. The molecule has 22 heavy (non-hydrogen) atoms. The van der Waals surface area contributed by atoms with E-state index >= 15 is 0 Å². The van der Waals surface area contributed by atoms with Crippen LogP contribution in [0.5, 0.6) is 0 Å². The van der Waals surface area contributed by atoms with Crippen molar-refractivity contribution < 1.29 is 37.5 Å². The van der Waals surface area contributed by atoms with E-state index in [1.807, 2.05) is 0 Å². The zero-order chi connectivity index (χ0) is 17.8. The lowest BCUT2D eigenvalue weighted by molar-refractivity contribution is -0.142. The molecule has 0 aromatic rings. The zero-order valence-electron chi connectivity index (χ0n) is 12.8. The number of hydrogen-bond donors (Lipinski definition) is 3. The van der Waals surface area contributed by atoms with Gasteiger partial charge in [0.1, 0.15) is 0 Å². The predicted molar refractivity (Wildman–Crippen MR) is 79.7 cm³/mol. The Labute approximate surface area is 130 Å². The van der Waals surface area contributed by atoms with Gasteiger partial charge in [-0.15, -0.1) is 0 Å². The highest BCUT2D eigenvalue weighted by Crippen LogP contribution is 2.07. The minimum atomic E-state index is -4.85. The molecular weight excluding hydrogens is 316 g/mol. The summed E-state index contributed by atoms with van der Waals surface area (Å²) in [4.78, 5) is 20.2. The van der Waals surface area contributed by atoms with Crippen LogP contribution in [0.4, 0.5) is 0 Å². The van der Waals surface area contributed by atoms with Crippen LogP contribution in [-0.2, 0) is 24.4 Å². The summed E-state index contributed by atoms with van der Waals surface area (Å²) < 4.78 is 32.0. The lowest BCUT2D eigenvalue weighted by Crippen LogP contribution is -2.28. The molecule has 0 rings (SSSR count). The Balaban J connectivity index is 0. The van der Waals surface area contributed by atoms with Crippen molar-refractivity contribution in [3.63, 3.8) is 0 Å². The molecule has 0 aliphatic carbocycles. The molecule has 0 aliphatic rings. The monoisotopic (exact) mass is 340 g/mol. The number of esters is 1. The number of carbonyl (C=O) groups is 2. The van der Waals surface area contributed by atoms with Gasteiger partial charge >= 0.3 is 22.1 Å². The second-order valence-corrected chi connectivity index (χ2v) is 6.30. The van der Waals surface area contributed by atoms with Crippen LogP contribution < -0.4 is 0 Å². The summed E-state index contributed by atoms with van der Waals surface area (Å²) in [5.74, 6) is -1.54. The van der Waals surface area contributed by atoms with Crippen LogP contribution in [0.3, 0.4) is 0 Å². The molecule has 0 saturated carbocycles. The summed E-state index contributed by atoms with van der Waals surface area (Å²) in [5, 5.41) is 15.8. The maximum Gasteiger partial charge on any atom is 0.351 e. The fraction of sp³-hybridized carbons (Fsp3) is 0.692. The van der Waals surface area contributed by atoms with Crippen molar-refractivity contribution in [3.05, 3.63) is 12.7 Å². The second-order valence-electron chi connectivity index (χ2n) is 4.82. The van der Waals surface area contributed by atoms with Gasteiger partial charge in [0.15, 0.2) is 0 Å². The third-order valence-corrected chi connectivity index (χ3v) is 3.10. The molecule has 0 aliphatic heterocycles. The van der Waals surface area contributed by atoms with Gasteiger partial charge in [-0.25, -0.2) is 9.59 Å². The molecular formula is C13H24O8S. The van der Waals surface area contributed by atoms with Gasteiger partial charge in [0, 0.05) is 6.08 Å². The number of hydrogen-bond acceptors (Lipinski definition) is 6. The highest BCUT2D eigenvalue weighted by Gasteiger charge is 2.27. The van der Waals surface area contributed by atoms with Gasteiger partial charge in [-0.05, 0) is 12.3 Å². The predicted octanol–water partition coefficient (Wildman–Crippen LogP) is 1.21. The first-order valence-corrected chi connectivity index (χ1v) is 8.19. The Morgan fingerprint density at radius 1 is 1.23 bits per heavy atom. The van der Waals surface area contributed by atoms with E-state index in [9.17, 15) is 18.0 Å². The van der Waals surface area contributed by atoms with E-state index in [4.69, 9.17) is 19.5 Å². The van der Waals surface area contributed by atoms with Crippen LogP contribution in [0.15, 0.2) is 12.7 Å². The average Bonchev–Trinajstić information content (AvgIpc) is 2.40. The van der Waals surface area contributed by atoms with Crippen molar-refractivity contribution in [3.8, 4) is 0 Å². The number of aliphatic hydroxyl groups is 1. The second kappa shape index (κ2) is 12.1. The summed E-state index contributed by atoms with van der Waals surface area (Å²) in [6.45, 7) is 8.29. The number of aliphatic carboxylic acids is 1. The molecule has 0 amide bonds. The van der Waals surface area contributed by atoms with Crippen LogP contribution in [0.1, 0.15) is 39.5 Å². The third kappa shape index (κ3) is 14.9. The van der Waals surface area contributed by atoms with Crippen molar-refractivity contribution in [1.29, 1.82) is 0 Å². The van der Waals surface area contributed by atoms with Crippen molar-refractivity contribution in [2.75, 3.05) is 6.61 Å². The number of unbranched alkanes of at least 4 members (excludes halogenated alkanes) is 2. The minimum Gasteiger partial charge on any atom is -0.478 e. The number of rotatable bonds is 9. The number of ether oxygens (including phenoxy) is 1. The van der Waals surface area contributed by atoms with Gasteiger partial charge in [0.25, 0.3) is 5.44 Å². The third-order valence-electron chi connectivity index (χ3n) is 2.33. The number of aliphatic hydroxyl groups excluding tert-OH is 1. The first-order chi connectivity index (χ1) is 10.0. The lowest BCUT2D eigenvalue weighted by atomic mass is 10.1. The van der Waals surface area contributed by atoms with Crippen LogP contribution in [0.25, 0.3) is 0 Å². The van der Waals surface area contributed by atoms with E-state index in [2.05, 4.69) is 20.4 Å². The van der Waals surface area contributed by atoms with Crippen molar-refractivity contribution in [2.24, 2.45) is 5.92 Å². The Morgan fingerprint density at radius 2 is 1.77 bits per heavy atom. The summed E-state index contributed by atoms with van der Waals surface area (Å²) in [6, 6.07) is 0. The van der Waals surface area contributed by atoms with Crippen molar-refractivity contribution in [1.82, 2.24) is 0 Å². The van der Waals surface area contributed by atoms with Crippen LogP contribution in [0.2, 0.25) is 0 Å². The molecule has 0 fully saturated rings. The Kier molecular flexibility index (Phi) is 12.6. The topological polar surface area (TPSA) is 138 Å². The van der Waals surface area contributed by atoms with Gasteiger partial charge in [-0.3, -0.25) is 4.55 Å². The summed E-state index contributed by atoms with van der Waals surface area (Å²) in [5.41, 5.74) is -2.74. The zero-order valence-corrected chi connectivity index (χ0v) is 13.6. The summed E-state index contributed by atoms with van der Waals surface area (Å²) in [6.07, 6.45) is 5.79. The van der Waals surface area contributed by atoms with Crippen molar-refractivity contribution in [2.45, 2.75) is 45.0 Å². The quantitative estimate of drug-likeness (QED) is 0.246. The molecule has 1 atom stereocenters. The molecule has 0 saturated heterocycles. The first-order valence-electron chi connectivity index (χ1n) is 6.68.